The van der Waals surface area contributed by atoms with Crippen LogP contribution in [0.15, 0.2) is 16.7 Å². The number of rotatable bonds is 9. The van der Waals surface area contributed by atoms with Gasteiger partial charge in [0.05, 0.1) is 0 Å². The molecule has 0 aromatic heterocycles. The fraction of sp³-hybridized carbons (Fsp3) is 0.765. The molecule has 1 aliphatic carbocycles. The van der Waals surface area contributed by atoms with Crippen molar-refractivity contribution < 1.29 is 26.2 Å². The third kappa shape index (κ3) is 9.06. The van der Waals surface area contributed by atoms with Crippen molar-refractivity contribution in [2.45, 2.75) is 85.0 Å². The molecule has 0 radical (unpaired) electrons. The van der Waals surface area contributed by atoms with E-state index in [-0.39, 0.29) is 51.0 Å². The summed E-state index contributed by atoms with van der Waals surface area (Å²) in [7, 11) is 0. The van der Waals surface area contributed by atoms with Crippen LogP contribution in [0.5, 0.6) is 0 Å². The van der Waals surface area contributed by atoms with Gasteiger partial charge in [0.1, 0.15) is 0 Å². The smallest absolute Gasteiger partial charge is 0 e. The van der Waals surface area contributed by atoms with E-state index in [0.29, 0.717) is 0 Å². The van der Waals surface area contributed by atoms with Crippen LogP contribution in [0.4, 0.5) is 0 Å². The first-order chi connectivity index (χ1) is 8.33. The average molecular weight is 398 g/mol. The van der Waals surface area contributed by atoms with Crippen LogP contribution in [-0.4, -0.2) is 0 Å². The molecule has 0 bridgehead atoms. The second-order valence-electron chi connectivity index (χ2n) is 5.22. The van der Waals surface area contributed by atoms with Crippen molar-refractivity contribution >= 4 is 24.8 Å². The standard InChI is InChI=1S/C17H29.2ClH.Zr/c1-4-7-10-15-13-14-16(11-8-5-2)17(15)12-9-6-3;;;/h4-13H2,1-3H3;2*1H;/q-1;;;. The van der Waals surface area contributed by atoms with Crippen LogP contribution in [-0.2, 0) is 26.2 Å². The van der Waals surface area contributed by atoms with E-state index < -0.39 is 0 Å². The zero-order chi connectivity index (χ0) is 12.5. The zero-order valence-corrected chi connectivity index (χ0v) is 17.5. The van der Waals surface area contributed by atoms with Crippen LogP contribution in [0.1, 0.15) is 85.0 Å². The van der Waals surface area contributed by atoms with Crippen molar-refractivity contribution in [3.63, 3.8) is 0 Å². The normalized spacial score (nSPS) is 13.2. The molecule has 0 heterocycles. The molecule has 0 aromatic rings. The summed E-state index contributed by atoms with van der Waals surface area (Å²) < 4.78 is 0. The number of halogens is 2. The number of hydrogen-bond acceptors (Lipinski definition) is 0. The van der Waals surface area contributed by atoms with Gasteiger partial charge in [-0.25, -0.2) is 5.57 Å². The van der Waals surface area contributed by atoms with Gasteiger partial charge in [-0.1, -0.05) is 72.1 Å². The minimum Gasteiger partial charge on any atom is -0.269 e. The Morgan fingerprint density at radius 3 is 1.85 bits per heavy atom. The van der Waals surface area contributed by atoms with Crippen LogP contribution < -0.4 is 0 Å². The third-order valence-electron chi connectivity index (χ3n) is 3.70. The largest absolute Gasteiger partial charge is 0.269 e. The van der Waals surface area contributed by atoms with Crippen molar-refractivity contribution in [3.05, 3.63) is 22.8 Å². The molecule has 0 unspecified atom stereocenters. The summed E-state index contributed by atoms with van der Waals surface area (Å²) in [5.41, 5.74) is 4.99. The molecule has 0 fully saturated rings. The van der Waals surface area contributed by atoms with Gasteiger partial charge < -0.3 is 0 Å². The van der Waals surface area contributed by atoms with Crippen LogP contribution in [0.2, 0.25) is 0 Å². The van der Waals surface area contributed by atoms with Crippen LogP contribution in [0.25, 0.3) is 0 Å². The zero-order valence-electron chi connectivity index (χ0n) is 13.4. The Hall–Kier alpha value is 0.943. The molecule has 0 saturated heterocycles. The van der Waals surface area contributed by atoms with E-state index in [4.69, 9.17) is 0 Å². The second kappa shape index (κ2) is 16.3. The Labute approximate surface area is 158 Å². The molecule has 1 aliphatic rings. The quantitative estimate of drug-likeness (QED) is 0.374. The number of allylic oxidation sites excluding steroid dienone is 4. The van der Waals surface area contributed by atoms with Gasteiger partial charge in [-0.2, -0.15) is 11.1 Å². The van der Waals surface area contributed by atoms with E-state index in [1.165, 1.54) is 57.8 Å². The first kappa shape index (κ1) is 25.9. The predicted molar refractivity (Wildman–Crippen MR) is 91.5 cm³/mol. The Morgan fingerprint density at radius 2 is 1.30 bits per heavy atom. The SMILES string of the molecule is CCCCC1=[C-]CC(CCCC)=C1CCCC.Cl.Cl.[Zr]. The van der Waals surface area contributed by atoms with E-state index in [2.05, 4.69) is 26.8 Å². The molecule has 20 heavy (non-hydrogen) atoms. The maximum Gasteiger partial charge on any atom is 0 e. The first-order valence-corrected chi connectivity index (χ1v) is 7.64. The maximum absolute atomic E-state index is 3.65. The number of hydrogen-bond donors (Lipinski definition) is 0. The summed E-state index contributed by atoms with van der Waals surface area (Å²) in [6.45, 7) is 6.86. The molecule has 0 amide bonds. The minimum atomic E-state index is 0. The number of unbranched alkanes of at least 4 members (excludes halogenated alkanes) is 3. The third-order valence-corrected chi connectivity index (χ3v) is 3.70. The van der Waals surface area contributed by atoms with Gasteiger partial charge >= 0.3 is 0 Å². The Kier molecular flexibility index (Phi) is 21.1. The fourth-order valence-corrected chi connectivity index (χ4v) is 2.54. The van der Waals surface area contributed by atoms with Gasteiger partial charge in [-0.05, 0) is 6.42 Å². The summed E-state index contributed by atoms with van der Waals surface area (Å²) in [5, 5.41) is 0. The van der Waals surface area contributed by atoms with E-state index in [1.807, 2.05) is 0 Å². The molecule has 0 aromatic carbocycles. The van der Waals surface area contributed by atoms with Crippen molar-refractivity contribution in [3.8, 4) is 0 Å². The molecular weight excluding hydrogens is 366 g/mol. The van der Waals surface area contributed by atoms with Gasteiger partial charge in [-0.15, -0.1) is 31.2 Å². The van der Waals surface area contributed by atoms with E-state index in [1.54, 1.807) is 16.7 Å². The maximum atomic E-state index is 3.65. The summed E-state index contributed by atoms with van der Waals surface area (Å²) in [6, 6.07) is 0. The molecule has 3 heteroatoms. The molecule has 0 spiro atoms. The second-order valence-corrected chi connectivity index (χ2v) is 5.22. The van der Waals surface area contributed by atoms with E-state index >= 15 is 0 Å². The summed E-state index contributed by atoms with van der Waals surface area (Å²) in [5.74, 6) is 0. The molecule has 0 saturated carbocycles. The monoisotopic (exact) mass is 395 g/mol. The Morgan fingerprint density at radius 1 is 0.800 bits per heavy atom. The molecule has 0 atom stereocenters. The average Bonchev–Trinajstić information content (AvgIpc) is 2.73. The predicted octanol–water partition coefficient (Wildman–Crippen LogP) is 6.83. The summed E-state index contributed by atoms with van der Waals surface area (Å²) in [6.07, 6.45) is 16.6. The summed E-state index contributed by atoms with van der Waals surface area (Å²) >= 11 is 0. The van der Waals surface area contributed by atoms with Crippen molar-refractivity contribution in [2.75, 3.05) is 0 Å². The van der Waals surface area contributed by atoms with E-state index in [0.717, 1.165) is 6.42 Å². The van der Waals surface area contributed by atoms with Crippen LogP contribution in [0, 0.1) is 6.08 Å². The fourth-order valence-electron chi connectivity index (χ4n) is 2.54. The van der Waals surface area contributed by atoms with Crippen LogP contribution >= 0.6 is 24.8 Å². The molecular formula is C17H31Cl2Zr-. The van der Waals surface area contributed by atoms with Crippen molar-refractivity contribution in [2.24, 2.45) is 0 Å². The topological polar surface area (TPSA) is 0 Å². The first-order valence-electron chi connectivity index (χ1n) is 7.64. The molecule has 0 nitrogen and oxygen atoms in total. The molecule has 0 N–H and O–H groups in total. The van der Waals surface area contributed by atoms with Gasteiger partial charge in [-0.3, -0.25) is 6.08 Å². The minimum absolute atomic E-state index is 0. The van der Waals surface area contributed by atoms with E-state index in [9.17, 15) is 0 Å². The van der Waals surface area contributed by atoms with Gasteiger partial charge in [0.15, 0.2) is 0 Å². The molecule has 118 valence electrons. The van der Waals surface area contributed by atoms with Crippen molar-refractivity contribution in [1.29, 1.82) is 0 Å². The molecule has 0 aliphatic heterocycles. The Balaban J connectivity index is -0.000000963. The van der Waals surface area contributed by atoms with Gasteiger partial charge in [0, 0.05) is 26.2 Å². The van der Waals surface area contributed by atoms with Gasteiger partial charge in [0.25, 0.3) is 0 Å². The molecule has 1 rings (SSSR count). The van der Waals surface area contributed by atoms with Gasteiger partial charge in [0.2, 0.25) is 0 Å². The summed E-state index contributed by atoms with van der Waals surface area (Å²) in [4.78, 5) is 0. The van der Waals surface area contributed by atoms with Crippen molar-refractivity contribution in [1.82, 2.24) is 0 Å². The van der Waals surface area contributed by atoms with Crippen LogP contribution in [0.3, 0.4) is 0 Å². The Bertz CT molecular complexity index is 283.